The van der Waals surface area contributed by atoms with Crippen LogP contribution in [0.5, 0.6) is 0 Å². The molecule has 0 saturated heterocycles. The summed E-state index contributed by atoms with van der Waals surface area (Å²) in [6, 6.07) is 7.72. The van der Waals surface area contributed by atoms with Gasteiger partial charge < -0.3 is 5.32 Å². The van der Waals surface area contributed by atoms with E-state index in [2.05, 4.69) is 44.3 Å². The Hall–Kier alpha value is -0.820. The SMILES string of the molecule is CCNC(c1cc(CC)ccc1CC)C1CCCCC1. The van der Waals surface area contributed by atoms with Crippen LogP contribution in [0.1, 0.15) is 75.6 Å². The molecule has 1 heteroatoms. The number of aryl methyl sites for hydroxylation is 2. The second-order valence-corrected chi connectivity index (χ2v) is 6.17. The molecule has 1 unspecified atom stereocenters. The van der Waals surface area contributed by atoms with Gasteiger partial charge in [-0.05, 0) is 54.8 Å². The van der Waals surface area contributed by atoms with Gasteiger partial charge in [-0.2, -0.15) is 0 Å². The van der Waals surface area contributed by atoms with Crippen LogP contribution in [-0.2, 0) is 12.8 Å². The summed E-state index contributed by atoms with van der Waals surface area (Å²) < 4.78 is 0. The highest BCUT2D eigenvalue weighted by Gasteiger charge is 2.25. The molecule has 0 radical (unpaired) electrons. The maximum Gasteiger partial charge on any atom is 0.0351 e. The molecule has 1 fully saturated rings. The van der Waals surface area contributed by atoms with Crippen LogP contribution in [-0.4, -0.2) is 6.54 Å². The third-order valence-electron chi connectivity index (χ3n) is 4.88. The smallest absolute Gasteiger partial charge is 0.0351 e. The predicted octanol–water partition coefficient (Wildman–Crippen LogP) is 5.04. The van der Waals surface area contributed by atoms with E-state index in [1.54, 1.807) is 11.1 Å². The second-order valence-electron chi connectivity index (χ2n) is 6.17. The highest BCUT2D eigenvalue weighted by Crippen LogP contribution is 2.36. The van der Waals surface area contributed by atoms with E-state index < -0.39 is 0 Å². The summed E-state index contributed by atoms with van der Waals surface area (Å²) in [5.41, 5.74) is 4.61. The van der Waals surface area contributed by atoms with Crippen LogP contribution in [0.25, 0.3) is 0 Å². The van der Waals surface area contributed by atoms with Gasteiger partial charge in [-0.15, -0.1) is 0 Å². The van der Waals surface area contributed by atoms with Crippen molar-refractivity contribution in [1.82, 2.24) is 5.32 Å². The topological polar surface area (TPSA) is 12.0 Å². The summed E-state index contributed by atoms with van der Waals surface area (Å²) in [5.74, 6) is 0.834. The zero-order valence-corrected chi connectivity index (χ0v) is 13.5. The van der Waals surface area contributed by atoms with Gasteiger partial charge in [0.05, 0.1) is 0 Å². The normalized spacial score (nSPS) is 18.1. The van der Waals surface area contributed by atoms with Crippen LogP contribution in [0.15, 0.2) is 18.2 Å². The zero-order chi connectivity index (χ0) is 14.4. The maximum absolute atomic E-state index is 3.79. The van der Waals surface area contributed by atoms with Crippen molar-refractivity contribution in [3.63, 3.8) is 0 Å². The first-order chi connectivity index (χ1) is 9.80. The molecule has 0 amide bonds. The molecule has 112 valence electrons. The molecule has 1 aliphatic carbocycles. The highest BCUT2D eigenvalue weighted by molar-refractivity contribution is 5.35. The second kappa shape index (κ2) is 7.83. The van der Waals surface area contributed by atoms with Gasteiger partial charge in [0.1, 0.15) is 0 Å². The lowest BCUT2D eigenvalue weighted by Crippen LogP contribution is -2.30. The van der Waals surface area contributed by atoms with Gasteiger partial charge >= 0.3 is 0 Å². The lowest BCUT2D eigenvalue weighted by atomic mass is 9.79. The summed E-state index contributed by atoms with van der Waals surface area (Å²) in [7, 11) is 0. The molecule has 1 N–H and O–H groups in total. The van der Waals surface area contributed by atoms with Crippen LogP contribution >= 0.6 is 0 Å². The van der Waals surface area contributed by atoms with Crippen LogP contribution in [0.2, 0.25) is 0 Å². The first-order valence-corrected chi connectivity index (χ1v) is 8.65. The number of benzene rings is 1. The third kappa shape index (κ3) is 3.63. The zero-order valence-electron chi connectivity index (χ0n) is 13.5. The fourth-order valence-corrected chi connectivity index (χ4v) is 3.69. The van der Waals surface area contributed by atoms with Gasteiger partial charge in [-0.25, -0.2) is 0 Å². The van der Waals surface area contributed by atoms with Crippen molar-refractivity contribution in [3.05, 3.63) is 34.9 Å². The van der Waals surface area contributed by atoms with Crippen LogP contribution in [0, 0.1) is 5.92 Å². The minimum absolute atomic E-state index is 0.571. The quantitative estimate of drug-likeness (QED) is 0.765. The van der Waals surface area contributed by atoms with E-state index in [1.165, 1.54) is 37.7 Å². The number of rotatable bonds is 6. The molecule has 1 atom stereocenters. The molecular formula is C19H31N. The molecule has 1 nitrogen and oxygen atoms in total. The van der Waals surface area contributed by atoms with Gasteiger partial charge in [-0.1, -0.05) is 58.2 Å². The maximum atomic E-state index is 3.79. The van der Waals surface area contributed by atoms with Crippen LogP contribution in [0.3, 0.4) is 0 Å². The van der Waals surface area contributed by atoms with Crippen molar-refractivity contribution in [2.75, 3.05) is 6.54 Å². The first kappa shape index (κ1) is 15.6. The Bertz CT molecular complexity index is 404. The Balaban J connectivity index is 2.30. The molecule has 20 heavy (non-hydrogen) atoms. The highest BCUT2D eigenvalue weighted by atomic mass is 14.9. The number of hydrogen-bond acceptors (Lipinski definition) is 1. The molecule has 1 aromatic rings. The van der Waals surface area contributed by atoms with Gasteiger partial charge in [0.2, 0.25) is 0 Å². The molecule has 1 aliphatic rings. The lowest BCUT2D eigenvalue weighted by molar-refractivity contribution is 0.273. The van der Waals surface area contributed by atoms with Crippen LogP contribution in [0.4, 0.5) is 0 Å². The number of hydrogen-bond donors (Lipinski definition) is 1. The van der Waals surface area contributed by atoms with Crippen molar-refractivity contribution >= 4 is 0 Å². The Labute approximate surface area is 125 Å². The third-order valence-corrected chi connectivity index (χ3v) is 4.88. The van der Waals surface area contributed by atoms with Gasteiger partial charge in [-0.3, -0.25) is 0 Å². The first-order valence-electron chi connectivity index (χ1n) is 8.65. The van der Waals surface area contributed by atoms with Crippen molar-refractivity contribution in [3.8, 4) is 0 Å². The Morgan fingerprint density at radius 3 is 2.40 bits per heavy atom. The molecule has 2 rings (SSSR count). The monoisotopic (exact) mass is 273 g/mol. The average Bonchev–Trinajstić information content (AvgIpc) is 2.53. The van der Waals surface area contributed by atoms with Gasteiger partial charge in [0.25, 0.3) is 0 Å². The van der Waals surface area contributed by atoms with Gasteiger partial charge in [0.15, 0.2) is 0 Å². The summed E-state index contributed by atoms with van der Waals surface area (Å²) in [6.45, 7) is 7.85. The number of nitrogens with one attached hydrogen (secondary N) is 1. The largest absolute Gasteiger partial charge is 0.310 e. The predicted molar refractivity (Wildman–Crippen MR) is 88.2 cm³/mol. The van der Waals surface area contributed by atoms with E-state index >= 15 is 0 Å². The van der Waals surface area contributed by atoms with Crippen molar-refractivity contribution in [1.29, 1.82) is 0 Å². The van der Waals surface area contributed by atoms with Crippen LogP contribution < -0.4 is 5.32 Å². The van der Waals surface area contributed by atoms with Crippen molar-refractivity contribution in [2.24, 2.45) is 5.92 Å². The summed E-state index contributed by atoms with van der Waals surface area (Å²) >= 11 is 0. The molecule has 1 aromatic carbocycles. The summed E-state index contributed by atoms with van der Waals surface area (Å²) in [5, 5.41) is 3.79. The molecule has 0 bridgehead atoms. The van der Waals surface area contributed by atoms with E-state index in [4.69, 9.17) is 0 Å². The van der Waals surface area contributed by atoms with E-state index in [1.807, 2.05) is 0 Å². The molecular weight excluding hydrogens is 242 g/mol. The van der Waals surface area contributed by atoms with E-state index in [0.29, 0.717) is 6.04 Å². The molecule has 0 heterocycles. The minimum Gasteiger partial charge on any atom is -0.310 e. The Morgan fingerprint density at radius 1 is 1.05 bits per heavy atom. The fourth-order valence-electron chi connectivity index (χ4n) is 3.69. The molecule has 0 aliphatic heterocycles. The van der Waals surface area contributed by atoms with Crippen molar-refractivity contribution in [2.45, 2.75) is 71.8 Å². The fraction of sp³-hybridized carbons (Fsp3) is 0.684. The van der Waals surface area contributed by atoms with Gasteiger partial charge in [0, 0.05) is 6.04 Å². The molecule has 1 saturated carbocycles. The lowest BCUT2D eigenvalue weighted by Gasteiger charge is -2.32. The molecule has 0 spiro atoms. The Morgan fingerprint density at radius 2 is 1.80 bits per heavy atom. The van der Waals surface area contributed by atoms with Crippen molar-refractivity contribution < 1.29 is 0 Å². The minimum atomic E-state index is 0.571. The standard InChI is InChI=1S/C19H31N/c1-4-15-12-13-16(5-2)18(14-15)19(20-6-3)17-10-8-7-9-11-17/h12-14,17,19-20H,4-11H2,1-3H3. The van der Waals surface area contributed by atoms with E-state index in [-0.39, 0.29) is 0 Å². The summed E-state index contributed by atoms with van der Waals surface area (Å²) in [6.07, 6.45) is 9.36. The average molecular weight is 273 g/mol. The van der Waals surface area contributed by atoms with E-state index in [0.717, 1.165) is 25.3 Å². The molecule has 0 aromatic heterocycles. The Kier molecular flexibility index (Phi) is 6.09. The summed E-state index contributed by atoms with van der Waals surface area (Å²) in [4.78, 5) is 0. The van der Waals surface area contributed by atoms with E-state index in [9.17, 15) is 0 Å².